The zero-order valence-electron chi connectivity index (χ0n) is 18.6. The maximum Gasteiger partial charge on any atom is 0.338 e. The molecule has 0 radical (unpaired) electrons. The normalized spacial score (nSPS) is 11.6. The number of rotatable bonds is 7. The van der Waals surface area contributed by atoms with E-state index in [4.69, 9.17) is 4.74 Å². The Hall–Kier alpha value is -4.08. The van der Waals surface area contributed by atoms with Gasteiger partial charge < -0.3 is 19.9 Å². The van der Waals surface area contributed by atoms with Crippen LogP contribution in [0.2, 0.25) is 0 Å². The van der Waals surface area contributed by atoms with Crippen LogP contribution < -0.4 is 10.6 Å². The number of hydrogen-bond acceptors (Lipinski definition) is 4. The number of anilines is 1. The smallest absolute Gasteiger partial charge is 0.338 e. The molecule has 1 heterocycles. The fourth-order valence-corrected chi connectivity index (χ4v) is 3.23. The number of aryl methyl sites for hydroxylation is 2. The Labute approximate surface area is 193 Å². The standard InChI is InChI=1S/C24H22F3N3O4/c1-13-4-5-14(2)30(13)17-8-6-16(7-9-17)24(33)34-15(3)23(32)28-12-20(31)29-19-11-10-18(25)21(26)22(19)27/h4-11,15H,12H2,1-3H3,(H,28,32)(H,29,31). The maximum absolute atomic E-state index is 13.6. The van der Waals surface area contributed by atoms with E-state index in [0.29, 0.717) is 6.07 Å². The SMILES string of the molecule is Cc1ccc(C)n1-c1ccc(C(=O)OC(C)C(=O)NCC(=O)Nc2ccc(F)c(F)c2F)cc1. The van der Waals surface area contributed by atoms with Crippen molar-refractivity contribution in [2.75, 3.05) is 11.9 Å². The molecule has 0 saturated carbocycles. The third kappa shape index (κ3) is 5.45. The number of nitrogens with one attached hydrogen (secondary N) is 2. The Morgan fingerprint density at radius 2 is 1.53 bits per heavy atom. The summed E-state index contributed by atoms with van der Waals surface area (Å²) in [5, 5.41) is 4.24. The molecule has 2 aromatic carbocycles. The molecule has 0 saturated heterocycles. The maximum atomic E-state index is 13.6. The summed E-state index contributed by atoms with van der Waals surface area (Å²) in [7, 11) is 0. The van der Waals surface area contributed by atoms with Crippen LogP contribution in [0.1, 0.15) is 28.7 Å². The molecule has 7 nitrogen and oxygen atoms in total. The first-order chi connectivity index (χ1) is 16.1. The van der Waals surface area contributed by atoms with Crippen molar-refractivity contribution in [2.24, 2.45) is 0 Å². The lowest BCUT2D eigenvalue weighted by Crippen LogP contribution is -2.40. The summed E-state index contributed by atoms with van der Waals surface area (Å²) in [5.41, 5.74) is 2.60. The first-order valence-electron chi connectivity index (χ1n) is 10.3. The zero-order valence-corrected chi connectivity index (χ0v) is 18.6. The summed E-state index contributed by atoms with van der Waals surface area (Å²) in [4.78, 5) is 36.4. The highest BCUT2D eigenvalue weighted by Gasteiger charge is 2.20. The Morgan fingerprint density at radius 3 is 2.15 bits per heavy atom. The monoisotopic (exact) mass is 473 g/mol. The van der Waals surface area contributed by atoms with Crippen molar-refractivity contribution < 1.29 is 32.3 Å². The van der Waals surface area contributed by atoms with E-state index in [1.807, 2.05) is 35.9 Å². The average Bonchev–Trinajstić information content (AvgIpc) is 3.15. The highest BCUT2D eigenvalue weighted by molar-refractivity contribution is 5.96. The summed E-state index contributed by atoms with van der Waals surface area (Å²) < 4.78 is 47.0. The lowest BCUT2D eigenvalue weighted by atomic mass is 10.2. The van der Waals surface area contributed by atoms with Crippen LogP contribution in [-0.4, -0.2) is 35.0 Å². The highest BCUT2D eigenvalue weighted by atomic mass is 19.2. The van der Waals surface area contributed by atoms with Crippen molar-refractivity contribution in [1.82, 2.24) is 9.88 Å². The summed E-state index contributed by atoms with van der Waals surface area (Å²) in [6.07, 6.45) is -1.23. The second kappa shape index (κ2) is 10.2. The number of amides is 2. The molecule has 10 heteroatoms. The summed E-state index contributed by atoms with van der Waals surface area (Å²) in [5.74, 6) is -7.08. The topological polar surface area (TPSA) is 89.4 Å². The molecule has 0 aliphatic heterocycles. The molecule has 0 spiro atoms. The third-order valence-electron chi connectivity index (χ3n) is 5.02. The molecule has 1 atom stereocenters. The number of halogens is 3. The van der Waals surface area contributed by atoms with Crippen LogP contribution in [0, 0.1) is 31.3 Å². The van der Waals surface area contributed by atoms with E-state index in [1.165, 1.54) is 6.92 Å². The van der Waals surface area contributed by atoms with Gasteiger partial charge in [-0.15, -0.1) is 0 Å². The third-order valence-corrected chi connectivity index (χ3v) is 5.02. The van der Waals surface area contributed by atoms with Crippen molar-refractivity contribution in [3.63, 3.8) is 0 Å². The number of benzene rings is 2. The van der Waals surface area contributed by atoms with Crippen molar-refractivity contribution in [1.29, 1.82) is 0 Å². The van der Waals surface area contributed by atoms with Crippen molar-refractivity contribution >= 4 is 23.5 Å². The predicted molar refractivity (Wildman–Crippen MR) is 118 cm³/mol. The Morgan fingerprint density at radius 1 is 0.912 bits per heavy atom. The van der Waals surface area contributed by atoms with Gasteiger partial charge in [0, 0.05) is 17.1 Å². The number of hydrogen-bond donors (Lipinski definition) is 2. The van der Waals surface area contributed by atoms with Crippen molar-refractivity contribution in [3.05, 3.63) is 82.9 Å². The van der Waals surface area contributed by atoms with Gasteiger partial charge in [-0.05, 0) is 69.3 Å². The quantitative estimate of drug-likeness (QED) is 0.404. The number of carbonyl (C=O) groups is 3. The van der Waals surface area contributed by atoms with Crippen LogP contribution in [-0.2, 0) is 14.3 Å². The molecule has 0 fully saturated rings. The minimum Gasteiger partial charge on any atom is -0.449 e. The minimum atomic E-state index is -1.73. The number of ether oxygens (including phenoxy) is 1. The van der Waals surface area contributed by atoms with E-state index >= 15 is 0 Å². The number of nitrogens with zero attached hydrogens (tertiary/aromatic N) is 1. The first-order valence-corrected chi connectivity index (χ1v) is 10.3. The van der Waals surface area contributed by atoms with Crippen molar-refractivity contribution in [3.8, 4) is 5.69 Å². The minimum absolute atomic E-state index is 0.234. The second-order valence-electron chi connectivity index (χ2n) is 7.53. The first kappa shape index (κ1) is 24.6. The summed E-state index contributed by atoms with van der Waals surface area (Å²) in [6, 6.07) is 12.1. The molecular weight excluding hydrogens is 451 g/mol. The lowest BCUT2D eigenvalue weighted by Gasteiger charge is -2.14. The fraction of sp³-hybridized carbons (Fsp3) is 0.208. The molecule has 1 aromatic heterocycles. The van der Waals surface area contributed by atoms with E-state index in [2.05, 4.69) is 5.32 Å². The van der Waals surface area contributed by atoms with Gasteiger partial charge in [0.15, 0.2) is 23.6 Å². The van der Waals surface area contributed by atoms with Gasteiger partial charge in [0.2, 0.25) is 5.91 Å². The van der Waals surface area contributed by atoms with Crippen LogP contribution in [0.3, 0.4) is 0 Å². The molecule has 3 aromatic rings. The van der Waals surface area contributed by atoms with Gasteiger partial charge in [0.25, 0.3) is 5.91 Å². The number of esters is 1. The summed E-state index contributed by atoms with van der Waals surface area (Å²) >= 11 is 0. The van der Waals surface area contributed by atoms with E-state index < -0.39 is 53.6 Å². The van der Waals surface area contributed by atoms with E-state index in [1.54, 1.807) is 24.3 Å². The number of aromatic nitrogens is 1. The van der Waals surface area contributed by atoms with Gasteiger partial charge in [0.1, 0.15) is 0 Å². The zero-order chi connectivity index (χ0) is 25.0. The van der Waals surface area contributed by atoms with Crippen LogP contribution in [0.25, 0.3) is 5.69 Å². The van der Waals surface area contributed by atoms with Gasteiger partial charge in [0.05, 0.1) is 17.8 Å². The van der Waals surface area contributed by atoms with Gasteiger partial charge in [-0.1, -0.05) is 0 Å². The molecule has 34 heavy (non-hydrogen) atoms. The van der Waals surface area contributed by atoms with Gasteiger partial charge in [-0.3, -0.25) is 9.59 Å². The lowest BCUT2D eigenvalue weighted by molar-refractivity contribution is -0.130. The molecule has 178 valence electrons. The molecule has 2 N–H and O–H groups in total. The van der Waals surface area contributed by atoms with E-state index in [0.717, 1.165) is 23.1 Å². The van der Waals surface area contributed by atoms with E-state index in [-0.39, 0.29) is 5.56 Å². The molecule has 0 aliphatic rings. The molecule has 3 rings (SSSR count). The highest BCUT2D eigenvalue weighted by Crippen LogP contribution is 2.20. The van der Waals surface area contributed by atoms with Gasteiger partial charge in [-0.25, -0.2) is 18.0 Å². The van der Waals surface area contributed by atoms with Crippen molar-refractivity contribution in [2.45, 2.75) is 26.9 Å². The summed E-state index contributed by atoms with van der Waals surface area (Å²) in [6.45, 7) is 4.64. The average molecular weight is 473 g/mol. The fourth-order valence-electron chi connectivity index (χ4n) is 3.23. The number of carbonyl (C=O) groups excluding carboxylic acids is 3. The van der Waals surface area contributed by atoms with Crippen LogP contribution in [0.4, 0.5) is 18.9 Å². The Bertz CT molecular complexity index is 1220. The largest absolute Gasteiger partial charge is 0.449 e. The molecular formula is C24H22F3N3O4. The van der Waals surface area contributed by atoms with Crippen LogP contribution in [0.5, 0.6) is 0 Å². The van der Waals surface area contributed by atoms with Gasteiger partial charge >= 0.3 is 5.97 Å². The molecule has 1 unspecified atom stereocenters. The Balaban J connectivity index is 1.52. The molecule has 0 aliphatic carbocycles. The van der Waals surface area contributed by atoms with E-state index in [9.17, 15) is 27.6 Å². The van der Waals surface area contributed by atoms with Gasteiger partial charge in [-0.2, -0.15) is 0 Å². The Kier molecular flexibility index (Phi) is 7.40. The molecule has 2 amide bonds. The predicted octanol–water partition coefficient (Wildman–Crippen LogP) is 3.81. The van der Waals surface area contributed by atoms with Crippen LogP contribution >= 0.6 is 0 Å². The second-order valence-corrected chi connectivity index (χ2v) is 7.53. The molecule has 0 bridgehead atoms. The van der Waals surface area contributed by atoms with Crippen LogP contribution in [0.15, 0.2) is 48.5 Å².